The summed E-state index contributed by atoms with van der Waals surface area (Å²) in [6.07, 6.45) is -0.419. The number of rotatable bonds is 6. The van der Waals surface area contributed by atoms with Crippen LogP contribution in [0.1, 0.15) is 26.3 Å². The van der Waals surface area contributed by atoms with E-state index in [4.69, 9.17) is 14.2 Å². The van der Waals surface area contributed by atoms with Gasteiger partial charge in [-0.15, -0.1) is 0 Å². The van der Waals surface area contributed by atoms with Crippen molar-refractivity contribution in [2.24, 2.45) is 0 Å². The largest absolute Gasteiger partial charge is 0.467 e. The second-order valence-electron chi connectivity index (χ2n) is 8.02. The van der Waals surface area contributed by atoms with Gasteiger partial charge in [0, 0.05) is 17.9 Å². The van der Waals surface area contributed by atoms with Crippen LogP contribution in [0.15, 0.2) is 60.7 Å². The van der Waals surface area contributed by atoms with E-state index in [0.29, 0.717) is 11.6 Å². The van der Waals surface area contributed by atoms with Gasteiger partial charge in [0.05, 0.1) is 12.6 Å². The Hall–Kier alpha value is -3.61. The molecule has 7 heteroatoms. The molecule has 0 spiro atoms. The van der Waals surface area contributed by atoms with Crippen LogP contribution in [0.5, 0.6) is 11.6 Å². The lowest BCUT2D eigenvalue weighted by Gasteiger charge is -2.22. The molecule has 0 aliphatic carbocycles. The Morgan fingerprint density at radius 2 is 1.77 bits per heavy atom. The van der Waals surface area contributed by atoms with Gasteiger partial charge in [-0.05, 0) is 56.7 Å². The second kappa shape index (κ2) is 9.47. The first-order chi connectivity index (χ1) is 14.7. The lowest BCUT2D eigenvalue weighted by atomic mass is 10.0. The van der Waals surface area contributed by atoms with E-state index in [0.717, 1.165) is 16.5 Å². The van der Waals surface area contributed by atoms with Gasteiger partial charge in [-0.3, -0.25) is 0 Å². The van der Waals surface area contributed by atoms with Crippen molar-refractivity contribution in [1.29, 1.82) is 0 Å². The SMILES string of the molecule is COC(=O)[C@@H](Cc1ccc2nc(Oc3ccccc3)ccc2c1)NC(=O)OC(C)(C)C. The first-order valence-electron chi connectivity index (χ1n) is 9.93. The first-order valence-corrected chi connectivity index (χ1v) is 9.93. The molecule has 1 heterocycles. The van der Waals surface area contributed by atoms with Crippen LogP contribution in [-0.2, 0) is 20.7 Å². The van der Waals surface area contributed by atoms with Gasteiger partial charge in [0.15, 0.2) is 0 Å². The fraction of sp³-hybridized carbons (Fsp3) is 0.292. The summed E-state index contributed by atoms with van der Waals surface area (Å²) in [5.74, 6) is 0.654. The van der Waals surface area contributed by atoms with E-state index in [1.165, 1.54) is 7.11 Å². The van der Waals surface area contributed by atoms with Crippen LogP contribution >= 0.6 is 0 Å². The van der Waals surface area contributed by atoms with Crippen LogP contribution in [0.25, 0.3) is 10.9 Å². The van der Waals surface area contributed by atoms with Crippen LogP contribution < -0.4 is 10.1 Å². The van der Waals surface area contributed by atoms with Crippen LogP contribution in [0.2, 0.25) is 0 Å². The van der Waals surface area contributed by atoms with Gasteiger partial charge in [0.1, 0.15) is 17.4 Å². The van der Waals surface area contributed by atoms with Gasteiger partial charge in [0.2, 0.25) is 5.88 Å². The normalized spacial score (nSPS) is 12.1. The number of hydrogen-bond acceptors (Lipinski definition) is 6. The number of nitrogens with zero attached hydrogens (tertiary/aromatic N) is 1. The second-order valence-corrected chi connectivity index (χ2v) is 8.02. The maximum atomic E-state index is 12.2. The van der Waals surface area contributed by atoms with Gasteiger partial charge < -0.3 is 19.5 Å². The van der Waals surface area contributed by atoms with Gasteiger partial charge >= 0.3 is 12.1 Å². The summed E-state index contributed by atoms with van der Waals surface area (Å²) < 4.78 is 15.9. The van der Waals surface area contributed by atoms with Gasteiger partial charge in [-0.25, -0.2) is 14.6 Å². The van der Waals surface area contributed by atoms with E-state index >= 15 is 0 Å². The average molecular weight is 422 g/mol. The predicted octanol–water partition coefficient (Wildman–Crippen LogP) is 4.64. The van der Waals surface area contributed by atoms with Crippen molar-refractivity contribution < 1.29 is 23.8 Å². The zero-order valence-corrected chi connectivity index (χ0v) is 18.0. The number of pyridine rings is 1. The van der Waals surface area contributed by atoms with Crippen LogP contribution in [0, 0.1) is 0 Å². The molecule has 2 aromatic carbocycles. The summed E-state index contributed by atoms with van der Waals surface area (Å²) in [5.41, 5.74) is 0.934. The molecule has 0 aliphatic rings. The number of esters is 1. The number of nitrogens with one attached hydrogen (secondary N) is 1. The molecule has 31 heavy (non-hydrogen) atoms. The minimum absolute atomic E-state index is 0.254. The van der Waals surface area contributed by atoms with Gasteiger partial charge in [0.25, 0.3) is 0 Å². The fourth-order valence-corrected chi connectivity index (χ4v) is 2.97. The number of alkyl carbamates (subject to hydrolysis) is 1. The molecule has 162 valence electrons. The van der Waals surface area contributed by atoms with E-state index in [-0.39, 0.29) is 6.42 Å². The van der Waals surface area contributed by atoms with Crippen molar-refractivity contribution >= 4 is 23.0 Å². The predicted molar refractivity (Wildman–Crippen MR) is 117 cm³/mol. The minimum Gasteiger partial charge on any atom is -0.467 e. The van der Waals surface area contributed by atoms with Crippen LogP contribution in [0.4, 0.5) is 4.79 Å². The highest BCUT2D eigenvalue weighted by atomic mass is 16.6. The average Bonchev–Trinajstić information content (AvgIpc) is 2.72. The number of methoxy groups -OCH3 is 1. The quantitative estimate of drug-likeness (QED) is 0.583. The van der Waals surface area contributed by atoms with E-state index in [9.17, 15) is 9.59 Å². The fourth-order valence-electron chi connectivity index (χ4n) is 2.97. The topological polar surface area (TPSA) is 86.8 Å². The van der Waals surface area contributed by atoms with Gasteiger partial charge in [-0.1, -0.05) is 24.3 Å². The molecular weight excluding hydrogens is 396 g/mol. The molecule has 1 aromatic heterocycles. The number of ether oxygens (including phenoxy) is 3. The molecule has 0 saturated carbocycles. The summed E-state index contributed by atoms with van der Waals surface area (Å²) in [4.78, 5) is 28.8. The van der Waals surface area contributed by atoms with E-state index < -0.39 is 23.7 Å². The molecule has 0 saturated heterocycles. The number of carbonyl (C=O) groups excluding carboxylic acids is 2. The highest BCUT2D eigenvalue weighted by Gasteiger charge is 2.25. The standard InChI is InChI=1S/C24H26N2O5/c1-24(2,3)31-23(28)26-20(22(27)29-4)15-16-10-12-19-17(14-16)11-13-21(25-19)30-18-8-6-5-7-9-18/h5-14,20H,15H2,1-4H3,(H,26,28)/t20-/m1/s1. The van der Waals surface area contributed by atoms with Crippen molar-refractivity contribution in [2.75, 3.05) is 7.11 Å². The molecule has 1 amide bonds. The summed E-state index contributed by atoms with van der Waals surface area (Å²) >= 11 is 0. The highest BCUT2D eigenvalue weighted by molar-refractivity contribution is 5.83. The molecule has 7 nitrogen and oxygen atoms in total. The van der Waals surface area contributed by atoms with Gasteiger partial charge in [-0.2, -0.15) is 0 Å². The number of hydrogen-bond donors (Lipinski definition) is 1. The lowest BCUT2D eigenvalue weighted by molar-refractivity contribution is -0.143. The Morgan fingerprint density at radius 1 is 1.03 bits per heavy atom. The molecule has 0 bridgehead atoms. The third-order valence-corrected chi connectivity index (χ3v) is 4.31. The third kappa shape index (κ3) is 6.44. The van der Waals surface area contributed by atoms with Crippen molar-refractivity contribution in [3.05, 3.63) is 66.2 Å². The zero-order valence-electron chi connectivity index (χ0n) is 18.0. The molecule has 1 atom stereocenters. The first kappa shape index (κ1) is 22.1. The number of aromatic nitrogens is 1. The molecular formula is C24H26N2O5. The minimum atomic E-state index is -0.869. The summed E-state index contributed by atoms with van der Waals surface area (Å²) in [6, 6.07) is 17.9. The number of carbonyl (C=O) groups is 2. The van der Waals surface area contributed by atoms with E-state index in [2.05, 4.69) is 10.3 Å². The Morgan fingerprint density at radius 3 is 2.45 bits per heavy atom. The Labute approximate surface area is 181 Å². The molecule has 0 unspecified atom stereocenters. The summed E-state index contributed by atoms with van der Waals surface area (Å²) in [5, 5.41) is 3.47. The number of para-hydroxylation sites is 1. The molecule has 3 aromatic rings. The molecule has 0 radical (unpaired) electrons. The molecule has 0 fully saturated rings. The Balaban J connectivity index is 1.75. The maximum absolute atomic E-state index is 12.2. The van der Waals surface area contributed by atoms with Crippen molar-refractivity contribution in [2.45, 2.75) is 38.8 Å². The maximum Gasteiger partial charge on any atom is 0.408 e. The zero-order chi connectivity index (χ0) is 22.4. The van der Waals surface area contributed by atoms with E-state index in [1.807, 2.05) is 54.6 Å². The molecule has 3 rings (SSSR count). The third-order valence-electron chi connectivity index (χ3n) is 4.31. The number of benzene rings is 2. The monoisotopic (exact) mass is 422 g/mol. The van der Waals surface area contributed by atoms with Crippen LogP contribution in [0.3, 0.4) is 0 Å². The smallest absolute Gasteiger partial charge is 0.408 e. The molecule has 1 N–H and O–H groups in total. The summed E-state index contributed by atoms with van der Waals surface area (Å²) in [6.45, 7) is 5.27. The van der Waals surface area contributed by atoms with Crippen LogP contribution in [-0.4, -0.2) is 35.8 Å². The van der Waals surface area contributed by atoms with Crippen molar-refractivity contribution in [3.8, 4) is 11.6 Å². The summed E-state index contributed by atoms with van der Waals surface area (Å²) in [7, 11) is 1.28. The Kier molecular flexibility index (Phi) is 6.74. The lowest BCUT2D eigenvalue weighted by Crippen LogP contribution is -2.45. The van der Waals surface area contributed by atoms with Crippen molar-refractivity contribution in [1.82, 2.24) is 10.3 Å². The number of fused-ring (bicyclic) bond motifs is 1. The highest BCUT2D eigenvalue weighted by Crippen LogP contribution is 2.23. The molecule has 0 aliphatic heterocycles. The van der Waals surface area contributed by atoms with Crippen molar-refractivity contribution in [3.63, 3.8) is 0 Å². The number of amides is 1. The Bertz CT molecular complexity index is 1060. The van der Waals surface area contributed by atoms with E-state index in [1.54, 1.807) is 26.8 Å².